The maximum absolute atomic E-state index is 13.8. The van der Waals surface area contributed by atoms with Crippen molar-refractivity contribution in [2.45, 2.75) is 19.3 Å². The van der Waals surface area contributed by atoms with Gasteiger partial charge in [0.15, 0.2) is 5.71 Å². The minimum Gasteiger partial charge on any atom is -0.348 e. The van der Waals surface area contributed by atoms with Crippen LogP contribution in [-0.4, -0.2) is 18.9 Å². The fourth-order valence-electron chi connectivity index (χ4n) is 3.49. The van der Waals surface area contributed by atoms with E-state index in [4.69, 9.17) is 0 Å². The molecule has 3 aromatic rings. The molecule has 0 aliphatic carbocycles. The average Bonchev–Trinajstić information content (AvgIpc) is 2.61. The number of hydrogen-bond donors (Lipinski definition) is 0. The van der Waals surface area contributed by atoms with Crippen LogP contribution in [0.25, 0.3) is 10.8 Å². The summed E-state index contributed by atoms with van der Waals surface area (Å²) in [5.74, 6) is 0. The molecule has 0 fully saturated rings. The Balaban J connectivity index is 1.99. The second-order valence-electron chi connectivity index (χ2n) is 6.55. The first-order valence-electron chi connectivity index (χ1n) is 8.33. The van der Waals surface area contributed by atoms with E-state index in [1.54, 1.807) is 13.1 Å². The first kappa shape index (κ1) is 16.6. The SMILES string of the molecule is Cc1ccc(C2N=C(C(F)(F)F)c3ccc4ccccc4c3N2C)cc1. The molecule has 0 saturated carbocycles. The molecule has 0 saturated heterocycles. The summed E-state index contributed by atoms with van der Waals surface area (Å²) in [7, 11) is 1.80. The number of anilines is 1. The molecule has 3 aromatic carbocycles. The van der Waals surface area contributed by atoms with Crippen molar-refractivity contribution in [2.75, 3.05) is 11.9 Å². The van der Waals surface area contributed by atoms with Crippen molar-refractivity contribution < 1.29 is 13.2 Å². The normalized spacial score (nSPS) is 17.2. The van der Waals surface area contributed by atoms with Gasteiger partial charge < -0.3 is 4.90 Å². The minimum atomic E-state index is -4.51. The number of alkyl halides is 3. The van der Waals surface area contributed by atoms with Crippen molar-refractivity contribution in [3.05, 3.63) is 77.4 Å². The Morgan fingerprint density at radius 1 is 0.923 bits per heavy atom. The zero-order valence-corrected chi connectivity index (χ0v) is 14.4. The predicted molar refractivity (Wildman–Crippen MR) is 98.9 cm³/mol. The van der Waals surface area contributed by atoms with Crippen LogP contribution in [0.3, 0.4) is 0 Å². The van der Waals surface area contributed by atoms with Gasteiger partial charge in [0.2, 0.25) is 0 Å². The number of rotatable bonds is 1. The molecule has 1 aliphatic heterocycles. The fourth-order valence-corrected chi connectivity index (χ4v) is 3.49. The number of fused-ring (bicyclic) bond motifs is 3. The lowest BCUT2D eigenvalue weighted by molar-refractivity contribution is -0.0585. The second kappa shape index (κ2) is 5.87. The van der Waals surface area contributed by atoms with Crippen LogP contribution in [0.5, 0.6) is 0 Å². The molecule has 26 heavy (non-hydrogen) atoms. The van der Waals surface area contributed by atoms with Crippen LogP contribution in [0, 0.1) is 6.92 Å². The van der Waals surface area contributed by atoms with Crippen LogP contribution in [-0.2, 0) is 0 Å². The average molecular weight is 354 g/mol. The van der Waals surface area contributed by atoms with Gasteiger partial charge in [0.1, 0.15) is 6.17 Å². The molecule has 5 heteroatoms. The number of benzene rings is 3. The quantitative estimate of drug-likeness (QED) is 0.551. The Morgan fingerprint density at radius 3 is 2.31 bits per heavy atom. The van der Waals surface area contributed by atoms with Gasteiger partial charge >= 0.3 is 6.18 Å². The molecule has 0 aromatic heterocycles. The van der Waals surface area contributed by atoms with E-state index < -0.39 is 18.1 Å². The minimum absolute atomic E-state index is 0.127. The Kier molecular flexibility index (Phi) is 3.75. The van der Waals surface area contributed by atoms with Gasteiger partial charge in [-0.15, -0.1) is 0 Å². The van der Waals surface area contributed by atoms with Crippen molar-refractivity contribution in [2.24, 2.45) is 4.99 Å². The van der Waals surface area contributed by atoms with Gasteiger partial charge in [-0.3, -0.25) is 4.99 Å². The summed E-state index contributed by atoms with van der Waals surface area (Å²) in [5.41, 5.74) is 1.66. The molecule has 1 atom stereocenters. The highest BCUT2D eigenvalue weighted by atomic mass is 19.4. The first-order chi connectivity index (χ1) is 12.4. The largest absolute Gasteiger partial charge is 0.433 e. The van der Waals surface area contributed by atoms with Gasteiger partial charge in [-0.1, -0.05) is 66.2 Å². The molecule has 2 nitrogen and oxygen atoms in total. The number of hydrogen-bond acceptors (Lipinski definition) is 2. The van der Waals surface area contributed by atoms with Crippen LogP contribution in [0.1, 0.15) is 22.9 Å². The van der Waals surface area contributed by atoms with Crippen molar-refractivity contribution in [1.29, 1.82) is 0 Å². The number of aryl methyl sites for hydroxylation is 1. The molecular formula is C21H17F3N2. The highest BCUT2D eigenvalue weighted by Gasteiger charge is 2.42. The molecule has 1 aliphatic rings. The Bertz CT molecular complexity index is 1000. The van der Waals surface area contributed by atoms with Gasteiger partial charge in [-0.2, -0.15) is 13.2 Å². The molecule has 1 heterocycles. The smallest absolute Gasteiger partial charge is 0.348 e. The summed E-state index contributed by atoms with van der Waals surface area (Å²) in [5, 5.41) is 1.70. The van der Waals surface area contributed by atoms with E-state index >= 15 is 0 Å². The third-order valence-corrected chi connectivity index (χ3v) is 4.77. The number of halogens is 3. The van der Waals surface area contributed by atoms with Gasteiger partial charge in [0, 0.05) is 18.0 Å². The summed E-state index contributed by atoms with van der Waals surface area (Å²) in [4.78, 5) is 5.93. The summed E-state index contributed by atoms with van der Waals surface area (Å²) in [6.07, 6.45) is -5.23. The Labute approximate surface area is 149 Å². The van der Waals surface area contributed by atoms with E-state index in [0.717, 1.165) is 21.9 Å². The highest BCUT2D eigenvalue weighted by molar-refractivity contribution is 6.15. The predicted octanol–water partition coefficient (Wildman–Crippen LogP) is 5.65. The lowest BCUT2D eigenvalue weighted by Gasteiger charge is -2.35. The Morgan fingerprint density at radius 2 is 1.62 bits per heavy atom. The molecule has 0 N–H and O–H groups in total. The van der Waals surface area contributed by atoms with Crippen LogP contribution < -0.4 is 4.90 Å². The number of aliphatic imine (C=N–C) groups is 1. The summed E-state index contributed by atoms with van der Waals surface area (Å²) < 4.78 is 41.3. The van der Waals surface area contributed by atoms with Gasteiger partial charge in [-0.25, -0.2) is 0 Å². The fraction of sp³-hybridized carbons (Fsp3) is 0.190. The topological polar surface area (TPSA) is 15.6 Å². The standard InChI is InChI=1S/C21H17F3N2/c1-13-7-9-15(10-8-13)20-25-19(21(22,23)24)17-12-11-14-5-3-4-6-16(14)18(17)26(20)2/h3-12,20H,1-2H3. The zero-order chi connectivity index (χ0) is 18.5. The van der Waals surface area contributed by atoms with Crippen molar-refractivity contribution in [3.63, 3.8) is 0 Å². The highest BCUT2D eigenvalue weighted by Crippen LogP contribution is 2.42. The molecule has 1 unspecified atom stereocenters. The summed E-state index contributed by atoms with van der Waals surface area (Å²) >= 11 is 0. The zero-order valence-electron chi connectivity index (χ0n) is 14.4. The van der Waals surface area contributed by atoms with Gasteiger partial charge in [0.05, 0.1) is 5.69 Å². The number of nitrogens with zero attached hydrogens (tertiary/aromatic N) is 2. The van der Waals surface area contributed by atoms with Crippen LogP contribution in [0.4, 0.5) is 18.9 Å². The monoisotopic (exact) mass is 354 g/mol. The molecular weight excluding hydrogens is 337 g/mol. The van der Waals surface area contributed by atoms with E-state index in [1.165, 1.54) is 6.07 Å². The molecule has 0 spiro atoms. The first-order valence-corrected chi connectivity index (χ1v) is 8.33. The maximum atomic E-state index is 13.8. The van der Waals surface area contributed by atoms with E-state index in [9.17, 15) is 13.2 Å². The molecule has 132 valence electrons. The van der Waals surface area contributed by atoms with Crippen LogP contribution in [0.15, 0.2) is 65.7 Å². The molecule has 0 bridgehead atoms. The summed E-state index contributed by atoms with van der Waals surface area (Å²) in [6.45, 7) is 1.95. The maximum Gasteiger partial charge on any atom is 0.433 e. The van der Waals surface area contributed by atoms with Gasteiger partial charge in [0.25, 0.3) is 0 Å². The van der Waals surface area contributed by atoms with Gasteiger partial charge in [-0.05, 0) is 17.9 Å². The van der Waals surface area contributed by atoms with E-state index in [0.29, 0.717) is 5.69 Å². The third-order valence-electron chi connectivity index (χ3n) is 4.77. The van der Waals surface area contributed by atoms with Crippen LogP contribution >= 0.6 is 0 Å². The van der Waals surface area contributed by atoms with Crippen molar-refractivity contribution in [3.8, 4) is 0 Å². The van der Waals surface area contributed by atoms with Crippen molar-refractivity contribution >= 4 is 22.2 Å². The second-order valence-corrected chi connectivity index (χ2v) is 6.55. The summed E-state index contributed by atoms with van der Waals surface area (Å²) in [6, 6.07) is 18.2. The molecule has 4 rings (SSSR count). The van der Waals surface area contributed by atoms with Crippen LogP contribution in [0.2, 0.25) is 0 Å². The Hall–Kier alpha value is -2.82. The molecule has 0 radical (unpaired) electrons. The van der Waals surface area contributed by atoms with E-state index in [2.05, 4.69) is 4.99 Å². The lowest BCUT2D eigenvalue weighted by Crippen LogP contribution is -2.35. The lowest BCUT2D eigenvalue weighted by atomic mass is 9.96. The van der Waals surface area contributed by atoms with E-state index in [-0.39, 0.29) is 5.56 Å². The molecule has 0 amide bonds. The van der Waals surface area contributed by atoms with Crippen molar-refractivity contribution in [1.82, 2.24) is 0 Å². The third kappa shape index (κ3) is 2.64. The van der Waals surface area contributed by atoms with E-state index in [1.807, 2.05) is 60.4 Å².